The minimum absolute atomic E-state index is 0.366. The molecule has 0 unspecified atom stereocenters. The lowest BCUT2D eigenvalue weighted by atomic mass is 9.98. The summed E-state index contributed by atoms with van der Waals surface area (Å²) in [6, 6.07) is 24.1. The summed E-state index contributed by atoms with van der Waals surface area (Å²) in [7, 11) is 0. The Balaban J connectivity index is 1.78. The number of thioether (sulfide) groups is 1. The van der Waals surface area contributed by atoms with Crippen molar-refractivity contribution in [2.75, 3.05) is 19.0 Å². The van der Waals surface area contributed by atoms with E-state index in [0.29, 0.717) is 12.4 Å². The highest BCUT2D eigenvalue weighted by Crippen LogP contribution is 2.32. The van der Waals surface area contributed by atoms with Crippen LogP contribution in [0, 0.1) is 0 Å². The monoisotopic (exact) mass is 498 g/mol. The average Bonchev–Trinajstić information content (AvgIpc) is 2.77. The number of rotatable bonds is 10. The Hall–Kier alpha value is -2.70. The van der Waals surface area contributed by atoms with Gasteiger partial charge in [0.2, 0.25) is 0 Å². The van der Waals surface area contributed by atoms with E-state index in [9.17, 15) is 4.79 Å². The van der Waals surface area contributed by atoms with Crippen LogP contribution >= 0.6 is 27.7 Å². The van der Waals surface area contributed by atoms with E-state index in [2.05, 4.69) is 46.3 Å². The van der Waals surface area contributed by atoms with Gasteiger partial charge in [-0.15, -0.1) is 11.8 Å². The van der Waals surface area contributed by atoms with Gasteiger partial charge in [0.05, 0.1) is 11.1 Å². The van der Waals surface area contributed by atoms with Crippen molar-refractivity contribution in [3.8, 4) is 11.5 Å². The minimum Gasteiger partial charge on any atom is -0.494 e. The predicted molar refractivity (Wildman–Crippen MR) is 129 cm³/mol. The van der Waals surface area contributed by atoms with E-state index in [1.54, 1.807) is 17.8 Å². The first-order chi connectivity index (χ1) is 15.1. The lowest BCUT2D eigenvalue weighted by molar-refractivity contribution is -0.139. The fraction of sp³-hybridized carbons (Fsp3) is 0.160. The maximum atomic E-state index is 10.7. The zero-order valence-electron chi connectivity index (χ0n) is 17.1. The Morgan fingerprint density at radius 3 is 2.48 bits per heavy atom. The van der Waals surface area contributed by atoms with Gasteiger partial charge in [-0.2, -0.15) is 0 Å². The van der Waals surface area contributed by atoms with Gasteiger partial charge in [0.25, 0.3) is 0 Å². The Morgan fingerprint density at radius 1 is 1.00 bits per heavy atom. The topological polar surface area (TPSA) is 55.8 Å². The number of halogens is 1. The highest BCUT2D eigenvalue weighted by molar-refractivity contribution is 9.10. The first-order valence-electron chi connectivity index (χ1n) is 9.82. The minimum atomic E-state index is -1.00. The van der Waals surface area contributed by atoms with Crippen molar-refractivity contribution in [3.63, 3.8) is 0 Å². The maximum absolute atomic E-state index is 10.7. The zero-order valence-corrected chi connectivity index (χ0v) is 19.5. The number of ether oxygens (including phenoxy) is 2. The predicted octanol–water partition coefficient (Wildman–Crippen LogP) is 6.54. The number of carbonyl (C=O) groups is 1. The maximum Gasteiger partial charge on any atom is 0.341 e. The lowest BCUT2D eigenvalue weighted by Gasteiger charge is -2.11. The van der Waals surface area contributed by atoms with Crippen LogP contribution in [-0.4, -0.2) is 30.0 Å². The molecule has 0 spiro atoms. The molecule has 6 heteroatoms. The van der Waals surface area contributed by atoms with Crippen LogP contribution in [0.4, 0.5) is 0 Å². The molecular formula is C25H23BrO4S. The van der Waals surface area contributed by atoms with Crippen molar-refractivity contribution < 1.29 is 19.4 Å². The summed E-state index contributed by atoms with van der Waals surface area (Å²) < 4.78 is 11.7. The molecule has 4 nitrogen and oxygen atoms in total. The quantitative estimate of drug-likeness (QED) is 0.321. The van der Waals surface area contributed by atoms with Gasteiger partial charge in [-0.3, -0.25) is 0 Å². The number of hydrogen-bond donors (Lipinski definition) is 1. The summed E-state index contributed by atoms with van der Waals surface area (Å²) in [5.74, 6) is 1.14. The number of carboxylic acids is 1. The molecule has 0 bridgehead atoms. The molecule has 0 amide bonds. The summed E-state index contributed by atoms with van der Waals surface area (Å²) in [5, 5.41) is 8.76. The molecule has 0 aliphatic rings. The molecule has 3 aromatic carbocycles. The molecule has 1 N–H and O–H groups in total. The van der Waals surface area contributed by atoms with E-state index in [-0.39, 0.29) is 6.61 Å². The van der Waals surface area contributed by atoms with Gasteiger partial charge in [0.1, 0.15) is 11.5 Å². The molecule has 0 saturated heterocycles. The van der Waals surface area contributed by atoms with Crippen LogP contribution in [0.15, 0.2) is 88.2 Å². The molecular weight excluding hydrogens is 476 g/mol. The van der Waals surface area contributed by atoms with E-state index in [0.717, 1.165) is 37.6 Å². The van der Waals surface area contributed by atoms with Crippen LogP contribution in [0.2, 0.25) is 0 Å². The number of hydrogen-bond acceptors (Lipinski definition) is 4. The Morgan fingerprint density at radius 2 is 1.77 bits per heavy atom. The van der Waals surface area contributed by atoms with Gasteiger partial charge in [0.15, 0.2) is 6.61 Å². The van der Waals surface area contributed by atoms with Crippen molar-refractivity contribution in [2.45, 2.75) is 11.8 Å². The van der Waals surface area contributed by atoms with Gasteiger partial charge in [-0.25, -0.2) is 4.79 Å². The molecule has 3 aromatic rings. The first-order valence-corrected chi connectivity index (χ1v) is 11.6. The first kappa shape index (κ1) is 23.0. The number of benzene rings is 3. The van der Waals surface area contributed by atoms with E-state index in [1.165, 1.54) is 0 Å². The zero-order chi connectivity index (χ0) is 22.1. The molecule has 0 radical (unpaired) electrons. The summed E-state index contributed by atoms with van der Waals surface area (Å²) in [4.78, 5) is 11.7. The van der Waals surface area contributed by atoms with Crippen molar-refractivity contribution in [1.82, 2.24) is 0 Å². The van der Waals surface area contributed by atoms with Crippen LogP contribution in [0.5, 0.6) is 11.5 Å². The third-order valence-electron chi connectivity index (χ3n) is 4.33. The van der Waals surface area contributed by atoms with Crippen LogP contribution in [0.25, 0.3) is 5.57 Å². The standard InChI is InChI=1S/C25H23BrO4S/c1-2-29-20-10-6-9-19(15-20)22(18-7-4-3-5-8-18)13-14-31-21-11-12-24(23(26)16-21)30-17-25(27)28/h3-13,15-16H,2,14,17H2,1H3,(H,27,28)/b22-13-. The van der Waals surface area contributed by atoms with Crippen LogP contribution in [0.1, 0.15) is 18.1 Å². The molecule has 0 heterocycles. The fourth-order valence-corrected chi connectivity index (χ4v) is 4.44. The van der Waals surface area contributed by atoms with E-state index >= 15 is 0 Å². The second kappa shape index (κ2) is 11.6. The van der Waals surface area contributed by atoms with Crippen molar-refractivity contribution in [2.24, 2.45) is 0 Å². The van der Waals surface area contributed by atoms with Crippen molar-refractivity contribution >= 4 is 39.2 Å². The number of aliphatic carboxylic acids is 1. The average molecular weight is 499 g/mol. The normalized spacial score (nSPS) is 11.2. The molecule has 0 aliphatic heterocycles. The van der Waals surface area contributed by atoms with Crippen LogP contribution in [0.3, 0.4) is 0 Å². The Kier molecular flexibility index (Phi) is 8.62. The number of carboxylic acid groups (broad SMARTS) is 1. The van der Waals surface area contributed by atoms with Crippen molar-refractivity contribution in [1.29, 1.82) is 0 Å². The molecule has 0 aliphatic carbocycles. The second-order valence-electron chi connectivity index (χ2n) is 6.53. The van der Waals surface area contributed by atoms with Crippen molar-refractivity contribution in [3.05, 3.63) is 94.5 Å². The third kappa shape index (κ3) is 6.91. The van der Waals surface area contributed by atoms with E-state index < -0.39 is 5.97 Å². The molecule has 3 rings (SSSR count). The van der Waals surface area contributed by atoms with Gasteiger partial charge in [0, 0.05) is 10.6 Å². The second-order valence-corrected chi connectivity index (χ2v) is 8.48. The molecule has 160 valence electrons. The van der Waals surface area contributed by atoms with Crippen LogP contribution < -0.4 is 9.47 Å². The van der Waals surface area contributed by atoms with Gasteiger partial charge in [-0.1, -0.05) is 48.5 Å². The molecule has 0 saturated carbocycles. The summed E-state index contributed by atoms with van der Waals surface area (Å²) in [6.07, 6.45) is 2.22. The van der Waals surface area contributed by atoms with Gasteiger partial charge >= 0.3 is 5.97 Å². The molecule has 0 atom stereocenters. The molecule has 0 fully saturated rings. The SMILES string of the molecule is CCOc1cccc(/C(=C\CSc2ccc(OCC(=O)O)c(Br)c2)c2ccccc2)c1. The van der Waals surface area contributed by atoms with Gasteiger partial charge in [-0.05, 0) is 69.9 Å². The largest absolute Gasteiger partial charge is 0.494 e. The summed E-state index contributed by atoms with van der Waals surface area (Å²) in [5.41, 5.74) is 3.40. The molecule has 0 aromatic heterocycles. The van der Waals surface area contributed by atoms with Crippen LogP contribution in [-0.2, 0) is 4.79 Å². The molecule has 31 heavy (non-hydrogen) atoms. The summed E-state index contributed by atoms with van der Waals surface area (Å²) >= 11 is 5.14. The highest BCUT2D eigenvalue weighted by Gasteiger charge is 2.08. The third-order valence-corrected chi connectivity index (χ3v) is 5.87. The fourth-order valence-electron chi connectivity index (χ4n) is 2.99. The van der Waals surface area contributed by atoms with E-state index in [4.69, 9.17) is 14.6 Å². The smallest absolute Gasteiger partial charge is 0.341 e. The summed E-state index contributed by atoms with van der Waals surface area (Å²) in [6.45, 7) is 2.24. The lowest BCUT2D eigenvalue weighted by Crippen LogP contribution is -2.09. The highest BCUT2D eigenvalue weighted by atomic mass is 79.9. The Bertz CT molecular complexity index is 1050. The Labute approximate surface area is 195 Å². The van der Waals surface area contributed by atoms with E-state index in [1.807, 2.05) is 49.4 Å². The van der Waals surface area contributed by atoms with Gasteiger partial charge < -0.3 is 14.6 Å².